The number of ether oxygens (including phenoxy) is 1. The van der Waals surface area contributed by atoms with Crippen LogP contribution in [0.5, 0.6) is 5.75 Å². The fourth-order valence-corrected chi connectivity index (χ4v) is 5.36. The Bertz CT molecular complexity index is 1620. The predicted molar refractivity (Wildman–Crippen MR) is 163 cm³/mol. The third-order valence-corrected chi connectivity index (χ3v) is 7.34. The monoisotopic (exact) mass is 617 g/mol. The van der Waals surface area contributed by atoms with Crippen molar-refractivity contribution in [1.29, 1.82) is 0 Å². The molecule has 0 saturated carbocycles. The predicted octanol–water partition coefficient (Wildman–Crippen LogP) is 4.67. The molecule has 2 N–H and O–H groups in total. The number of carbonyl (C=O) groups excluding carboxylic acids is 3. The van der Waals surface area contributed by atoms with Gasteiger partial charge in [-0.05, 0) is 62.2 Å². The van der Waals surface area contributed by atoms with Gasteiger partial charge in [0.15, 0.2) is 5.78 Å². The summed E-state index contributed by atoms with van der Waals surface area (Å²) in [7, 11) is 0. The van der Waals surface area contributed by atoms with E-state index in [2.05, 4.69) is 10.3 Å². The van der Waals surface area contributed by atoms with Gasteiger partial charge in [0.1, 0.15) is 36.2 Å². The number of Topliss-reactive ketones (excluding diaryl/α,β-unsaturated/α-hetero) is 1. The number of aromatic nitrogens is 1. The van der Waals surface area contributed by atoms with E-state index >= 15 is 0 Å². The summed E-state index contributed by atoms with van der Waals surface area (Å²) in [6.45, 7) is 5.99. The largest absolute Gasteiger partial charge is 0.487 e. The fraction of sp³-hybridized carbons (Fsp3) is 0.312. The second kappa shape index (κ2) is 12.5. The van der Waals surface area contributed by atoms with Gasteiger partial charge in [0, 0.05) is 36.1 Å². The zero-order chi connectivity index (χ0) is 31.6. The van der Waals surface area contributed by atoms with Gasteiger partial charge >= 0.3 is 12.0 Å². The van der Waals surface area contributed by atoms with Gasteiger partial charge in [-0.1, -0.05) is 35.9 Å². The Kier molecular flexibility index (Phi) is 8.68. The maximum Gasteiger partial charge on any atom is 0.326 e. The minimum atomic E-state index is -1.25. The van der Waals surface area contributed by atoms with Crippen LogP contribution < -0.4 is 10.1 Å². The zero-order valence-corrected chi connectivity index (χ0v) is 25.2. The van der Waals surface area contributed by atoms with Crippen molar-refractivity contribution in [3.8, 4) is 5.75 Å². The molecule has 0 bridgehead atoms. The normalized spacial score (nSPS) is 18.5. The minimum absolute atomic E-state index is 0.123. The number of hydrogen-bond donors (Lipinski definition) is 2. The third-order valence-electron chi connectivity index (χ3n) is 7.09. The summed E-state index contributed by atoms with van der Waals surface area (Å²) >= 11 is 6.21. The number of rotatable bonds is 7. The third kappa shape index (κ3) is 6.73. The molecule has 2 aliphatic heterocycles. The van der Waals surface area contributed by atoms with Crippen molar-refractivity contribution >= 4 is 41.1 Å². The van der Waals surface area contributed by atoms with Crippen LogP contribution in [0.2, 0.25) is 5.02 Å². The van der Waals surface area contributed by atoms with Crippen LogP contribution in [0.1, 0.15) is 66.3 Å². The average molecular weight is 618 g/mol. The van der Waals surface area contributed by atoms with Crippen LogP contribution in [-0.4, -0.2) is 74.7 Å². The number of amides is 3. The Morgan fingerprint density at radius 3 is 2.48 bits per heavy atom. The van der Waals surface area contributed by atoms with Gasteiger partial charge < -0.3 is 20.1 Å². The Hall–Kier alpha value is -4.77. The SMILES string of the molecule is CC(C)(C)Oc1cc(C(=O)CC(=O)O)ccc1C1=N[C@@H](c2ccc(Cl)cc2)[C@@H](c2cccnc2)N1C(=O)N1CCNC(=O)C1. The highest BCUT2D eigenvalue weighted by atomic mass is 35.5. The number of carboxylic acid groups (broad SMARTS) is 1. The molecule has 1 aromatic heterocycles. The van der Waals surface area contributed by atoms with Gasteiger partial charge in [-0.15, -0.1) is 0 Å². The number of hydrogen-bond acceptors (Lipinski definition) is 7. The number of carboxylic acids is 1. The molecule has 1 saturated heterocycles. The molecule has 3 amide bonds. The van der Waals surface area contributed by atoms with E-state index in [9.17, 15) is 24.3 Å². The van der Waals surface area contributed by atoms with Crippen molar-refractivity contribution in [3.05, 3.63) is 94.3 Å². The number of aliphatic carboxylic acids is 1. The molecular weight excluding hydrogens is 586 g/mol. The van der Waals surface area contributed by atoms with E-state index in [0.29, 0.717) is 29.2 Å². The highest BCUT2D eigenvalue weighted by Gasteiger charge is 2.45. The summed E-state index contributed by atoms with van der Waals surface area (Å²) < 4.78 is 6.30. The van der Waals surface area contributed by atoms with E-state index in [1.807, 2.05) is 39.0 Å². The van der Waals surface area contributed by atoms with E-state index in [-0.39, 0.29) is 29.6 Å². The Morgan fingerprint density at radius 2 is 1.84 bits per heavy atom. The Morgan fingerprint density at radius 1 is 1.09 bits per heavy atom. The first-order valence-electron chi connectivity index (χ1n) is 14.1. The summed E-state index contributed by atoms with van der Waals surface area (Å²) in [4.78, 5) is 63.2. The van der Waals surface area contributed by atoms with Gasteiger partial charge in [0.2, 0.25) is 5.91 Å². The topological polar surface area (TPSA) is 142 Å². The summed E-state index contributed by atoms with van der Waals surface area (Å²) in [6.07, 6.45) is 2.63. The van der Waals surface area contributed by atoms with Gasteiger partial charge in [-0.3, -0.25) is 29.3 Å². The number of amidine groups is 1. The molecule has 2 atom stereocenters. The van der Waals surface area contributed by atoms with E-state index in [0.717, 1.165) is 5.56 Å². The summed E-state index contributed by atoms with van der Waals surface area (Å²) in [5.74, 6) is -1.58. The van der Waals surface area contributed by atoms with E-state index < -0.39 is 41.9 Å². The number of nitrogens with one attached hydrogen (secondary N) is 1. The number of urea groups is 1. The molecule has 3 aromatic rings. The maximum absolute atomic E-state index is 14.4. The number of halogens is 1. The van der Waals surface area contributed by atoms with Crippen LogP contribution in [0.25, 0.3) is 0 Å². The molecule has 3 heterocycles. The van der Waals surface area contributed by atoms with Crippen molar-refractivity contribution in [2.45, 2.75) is 44.9 Å². The molecule has 2 aliphatic rings. The molecule has 0 aliphatic carbocycles. The summed E-state index contributed by atoms with van der Waals surface area (Å²) in [6, 6.07) is 13.8. The fourth-order valence-electron chi connectivity index (χ4n) is 5.23. The standard InChI is InChI=1S/C32H32ClN5O6/c1-32(2,3)44-25-15-20(24(39)16-27(41)42)8-11-23(25)30-36-28(19-6-9-22(33)10-7-19)29(21-5-4-12-34-17-21)38(30)31(43)37-14-13-35-26(40)18-37/h4-12,15,17,28-29H,13-14,16,18H2,1-3H3,(H,35,40)(H,41,42)/t28-,29+/m0/s1. The number of carbonyl (C=O) groups is 4. The van der Waals surface area contributed by atoms with Crippen molar-refractivity contribution in [3.63, 3.8) is 0 Å². The maximum atomic E-state index is 14.4. The van der Waals surface area contributed by atoms with E-state index in [1.165, 1.54) is 17.0 Å². The van der Waals surface area contributed by atoms with Crippen molar-refractivity contribution < 1.29 is 29.0 Å². The lowest BCUT2D eigenvalue weighted by molar-refractivity contribution is -0.136. The van der Waals surface area contributed by atoms with E-state index in [1.54, 1.807) is 41.6 Å². The number of piperazine rings is 1. The van der Waals surface area contributed by atoms with Gasteiger partial charge in [0.05, 0.1) is 11.6 Å². The second-order valence-corrected chi connectivity index (χ2v) is 12.0. The molecular formula is C32H32ClN5O6. The molecule has 0 spiro atoms. The van der Waals surface area contributed by atoms with Crippen LogP contribution >= 0.6 is 11.6 Å². The van der Waals surface area contributed by atoms with E-state index in [4.69, 9.17) is 21.3 Å². The lowest BCUT2D eigenvalue weighted by atomic mass is 9.94. The first kappa shape index (κ1) is 30.7. The Labute approximate surface area is 259 Å². The molecule has 0 unspecified atom stereocenters. The summed E-state index contributed by atoms with van der Waals surface area (Å²) in [5.41, 5.74) is 1.36. The number of aliphatic imine (C=N–C) groups is 1. The molecule has 5 rings (SSSR count). The smallest absolute Gasteiger partial charge is 0.326 e. The lowest BCUT2D eigenvalue weighted by Crippen LogP contribution is -2.55. The van der Waals surface area contributed by atoms with Crippen molar-refractivity contribution in [2.75, 3.05) is 19.6 Å². The average Bonchev–Trinajstić information content (AvgIpc) is 3.36. The lowest BCUT2D eigenvalue weighted by Gasteiger charge is -2.36. The van der Waals surface area contributed by atoms with Gasteiger partial charge in [-0.2, -0.15) is 0 Å². The number of nitrogens with zero attached hydrogens (tertiary/aromatic N) is 4. The van der Waals surface area contributed by atoms with Gasteiger partial charge in [-0.25, -0.2) is 4.79 Å². The number of pyridine rings is 1. The van der Waals surface area contributed by atoms with Crippen LogP contribution in [-0.2, 0) is 9.59 Å². The molecule has 228 valence electrons. The molecule has 2 aromatic carbocycles. The summed E-state index contributed by atoms with van der Waals surface area (Å²) in [5, 5.41) is 12.5. The van der Waals surface area contributed by atoms with Crippen LogP contribution in [0, 0.1) is 0 Å². The quantitative estimate of drug-likeness (QED) is 0.290. The highest BCUT2D eigenvalue weighted by Crippen LogP contribution is 2.45. The Balaban J connectivity index is 1.71. The van der Waals surface area contributed by atoms with Gasteiger partial charge in [0.25, 0.3) is 0 Å². The van der Waals surface area contributed by atoms with Crippen LogP contribution in [0.15, 0.2) is 72.0 Å². The number of ketones is 1. The van der Waals surface area contributed by atoms with Crippen LogP contribution in [0.4, 0.5) is 4.79 Å². The molecule has 12 heteroatoms. The van der Waals surface area contributed by atoms with Crippen molar-refractivity contribution in [1.82, 2.24) is 20.1 Å². The number of benzene rings is 2. The molecule has 1 fully saturated rings. The first-order valence-corrected chi connectivity index (χ1v) is 14.5. The van der Waals surface area contributed by atoms with Crippen LogP contribution in [0.3, 0.4) is 0 Å². The first-order chi connectivity index (χ1) is 20.9. The second-order valence-electron chi connectivity index (χ2n) is 11.5. The molecule has 0 radical (unpaired) electrons. The zero-order valence-electron chi connectivity index (χ0n) is 24.5. The molecule has 44 heavy (non-hydrogen) atoms. The highest BCUT2D eigenvalue weighted by molar-refractivity contribution is 6.30. The minimum Gasteiger partial charge on any atom is -0.487 e. The van der Waals surface area contributed by atoms with Crippen molar-refractivity contribution in [2.24, 2.45) is 4.99 Å². The molecule has 11 nitrogen and oxygen atoms in total.